The van der Waals surface area contributed by atoms with E-state index in [0.29, 0.717) is 0 Å². The third-order valence-electron chi connectivity index (χ3n) is 8.79. The summed E-state index contributed by atoms with van der Waals surface area (Å²) in [5, 5.41) is 0. The molecule has 0 aliphatic carbocycles. The van der Waals surface area contributed by atoms with E-state index >= 15 is 0 Å². The molecule has 39 heavy (non-hydrogen) atoms. The van der Waals surface area contributed by atoms with Crippen LogP contribution < -0.4 is 0 Å². The number of hydrogen-bond donors (Lipinski definition) is 0. The van der Waals surface area contributed by atoms with Crippen molar-refractivity contribution in [3.63, 3.8) is 0 Å². The Bertz CT molecular complexity index is 402. The van der Waals surface area contributed by atoms with Crippen molar-refractivity contribution in [2.24, 2.45) is 0 Å². The van der Waals surface area contributed by atoms with Gasteiger partial charge in [-0.15, -0.1) is 0 Å². The first kappa shape index (κ1) is 39.1. The fraction of sp³-hybridized carbons (Fsp3) is 1.00. The molecule has 0 nitrogen and oxygen atoms in total. The fourth-order valence-corrected chi connectivity index (χ4v) is 7.77. The quantitative estimate of drug-likeness (QED) is 0.0408. The van der Waals surface area contributed by atoms with Gasteiger partial charge in [-0.1, -0.05) is 219 Å². The molecule has 0 atom stereocenters. The van der Waals surface area contributed by atoms with Gasteiger partial charge in [0, 0.05) is 0 Å². The first-order chi connectivity index (χ1) is 19.1. The van der Waals surface area contributed by atoms with Crippen molar-refractivity contribution < 1.29 is 8.22 Å². The van der Waals surface area contributed by atoms with Crippen molar-refractivity contribution in [3.8, 4) is 0 Å². The topological polar surface area (TPSA) is 0 Å². The van der Waals surface area contributed by atoms with Crippen molar-refractivity contribution >= 4 is 8.74 Å². The molecule has 0 saturated heterocycles. The molecular weight excluding hydrogens is 498 g/mol. The van der Waals surface area contributed by atoms with Crippen LogP contribution in [0.3, 0.4) is 0 Å². The summed E-state index contributed by atoms with van der Waals surface area (Å²) in [5.41, 5.74) is 0. The first-order valence-corrected chi connectivity index (χ1v) is 20.7. The van der Waals surface area contributed by atoms with Crippen molar-refractivity contribution in [3.05, 3.63) is 0 Å². The van der Waals surface area contributed by atoms with Crippen molar-refractivity contribution in [2.75, 3.05) is 0 Å². The Labute approximate surface area is 248 Å². The summed E-state index contributed by atoms with van der Waals surface area (Å²) < 4.78 is 28.6. The third-order valence-corrected chi connectivity index (χ3v) is 11.0. The van der Waals surface area contributed by atoms with Gasteiger partial charge in [-0.2, -0.15) is 0 Å². The Morgan fingerprint density at radius 1 is 0.256 bits per heavy atom. The molecule has 0 aliphatic rings. The highest BCUT2D eigenvalue weighted by Gasteiger charge is 2.33. The van der Waals surface area contributed by atoms with Crippen LogP contribution in [-0.2, 0) is 0 Å². The van der Waals surface area contributed by atoms with Gasteiger partial charge in [0.05, 0.1) is 0 Å². The lowest BCUT2D eigenvalue weighted by molar-refractivity contribution is 0.520. The van der Waals surface area contributed by atoms with Gasteiger partial charge < -0.3 is 0 Å². The van der Waals surface area contributed by atoms with Gasteiger partial charge >= 0.3 is 8.74 Å². The van der Waals surface area contributed by atoms with E-state index in [2.05, 4.69) is 13.8 Å². The minimum Gasteiger partial charge on any atom is -0.270 e. The second-order valence-electron chi connectivity index (χ2n) is 13.0. The van der Waals surface area contributed by atoms with E-state index in [4.69, 9.17) is 0 Å². The lowest BCUT2D eigenvalue weighted by atomic mass is 10.0. The van der Waals surface area contributed by atoms with Crippen LogP contribution in [0.5, 0.6) is 0 Å². The van der Waals surface area contributed by atoms with Gasteiger partial charge in [0.15, 0.2) is 0 Å². The van der Waals surface area contributed by atoms with E-state index in [9.17, 15) is 8.22 Å². The van der Waals surface area contributed by atoms with E-state index in [1.54, 1.807) is 0 Å². The maximum Gasteiger partial charge on any atom is 0.425 e. The molecule has 0 radical (unpaired) electrons. The molecule has 0 amide bonds. The average molecular weight is 573 g/mol. The lowest BCUT2D eigenvalue weighted by Crippen LogP contribution is -2.21. The van der Waals surface area contributed by atoms with E-state index < -0.39 is 8.74 Å². The Morgan fingerprint density at radius 2 is 0.410 bits per heavy atom. The Hall–Kier alpha value is 0.0769. The molecule has 3 heteroatoms. The monoisotopic (exact) mass is 573 g/mol. The van der Waals surface area contributed by atoms with Crippen LogP contribution in [0.25, 0.3) is 0 Å². The lowest BCUT2D eigenvalue weighted by Gasteiger charge is -2.12. The largest absolute Gasteiger partial charge is 0.425 e. The number of hydrogen-bond acceptors (Lipinski definition) is 0. The molecule has 0 N–H and O–H groups in total. The summed E-state index contributed by atoms with van der Waals surface area (Å²) in [6.45, 7) is 4.56. The molecule has 0 saturated carbocycles. The first-order valence-electron chi connectivity index (χ1n) is 18.5. The van der Waals surface area contributed by atoms with Gasteiger partial charge in [0.25, 0.3) is 0 Å². The summed E-state index contributed by atoms with van der Waals surface area (Å²) >= 11 is 0. The molecule has 0 heterocycles. The zero-order valence-electron chi connectivity index (χ0n) is 27.3. The van der Waals surface area contributed by atoms with Gasteiger partial charge in [-0.3, -0.25) is 8.22 Å². The molecule has 0 aromatic carbocycles. The van der Waals surface area contributed by atoms with Crippen LogP contribution in [0.4, 0.5) is 8.22 Å². The molecule has 0 aromatic rings. The molecule has 0 bridgehead atoms. The van der Waals surface area contributed by atoms with Gasteiger partial charge in [-0.25, -0.2) is 0 Å². The highest BCUT2D eigenvalue weighted by molar-refractivity contribution is 6.66. The van der Waals surface area contributed by atoms with Crippen molar-refractivity contribution in [1.29, 1.82) is 0 Å². The zero-order chi connectivity index (χ0) is 28.5. The minimum absolute atomic E-state index is 0.254. The normalized spacial score (nSPS) is 12.0. The third kappa shape index (κ3) is 34.2. The number of halogens is 2. The van der Waals surface area contributed by atoms with Gasteiger partial charge in [0.2, 0.25) is 0 Å². The summed E-state index contributed by atoms with van der Waals surface area (Å²) in [4.78, 5) is 0. The van der Waals surface area contributed by atoms with Crippen LogP contribution >= 0.6 is 0 Å². The van der Waals surface area contributed by atoms with Crippen molar-refractivity contribution in [2.45, 2.75) is 231 Å². The number of unbranched alkanes of at least 4 members (excludes halogenated alkanes) is 30. The van der Waals surface area contributed by atoms with Gasteiger partial charge in [-0.05, 0) is 12.1 Å². The molecular formula is C36H74F2Si. The zero-order valence-corrected chi connectivity index (χ0v) is 28.3. The smallest absolute Gasteiger partial charge is 0.270 e. The van der Waals surface area contributed by atoms with Crippen LogP contribution in [0, 0.1) is 0 Å². The predicted molar refractivity (Wildman–Crippen MR) is 177 cm³/mol. The summed E-state index contributed by atoms with van der Waals surface area (Å²) in [6.07, 6.45) is 41.9. The van der Waals surface area contributed by atoms with Crippen LogP contribution in [0.1, 0.15) is 219 Å². The standard InChI is InChI=1S/C36H74F2Si/c1-3-5-7-9-11-13-15-17-19-21-23-25-27-29-31-33-35-39(37,38)36-34-32-30-28-26-24-22-20-18-16-14-12-10-8-6-4-2/h3-36H2,1-2H3. The van der Waals surface area contributed by atoms with E-state index in [1.807, 2.05) is 0 Å². The van der Waals surface area contributed by atoms with Crippen LogP contribution in [0.2, 0.25) is 12.1 Å². The molecule has 0 spiro atoms. The maximum absolute atomic E-state index is 14.3. The molecule has 0 aromatic heterocycles. The molecule has 0 rings (SSSR count). The fourth-order valence-electron chi connectivity index (χ4n) is 5.99. The Balaban J connectivity index is 3.26. The predicted octanol–water partition coefficient (Wildman–Crippen LogP) is 14.9. The summed E-state index contributed by atoms with van der Waals surface area (Å²) in [5.74, 6) is 0. The van der Waals surface area contributed by atoms with E-state index in [1.165, 1.54) is 180 Å². The van der Waals surface area contributed by atoms with E-state index in [-0.39, 0.29) is 12.1 Å². The minimum atomic E-state index is -3.92. The number of rotatable bonds is 34. The van der Waals surface area contributed by atoms with E-state index in [0.717, 1.165) is 25.7 Å². The summed E-state index contributed by atoms with van der Waals surface area (Å²) in [6, 6.07) is 0.508. The maximum atomic E-state index is 14.3. The van der Waals surface area contributed by atoms with Crippen LogP contribution in [-0.4, -0.2) is 8.74 Å². The second kappa shape index (κ2) is 32.6. The summed E-state index contributed by atoms with van der Waals surface area (Å²) in [7, 11) is -3.92. The van der Waals surface area contributed by atoms with Crippen molar-refractivity contribution in [1.82, 2.24) is 0 Å². The average Bonchev–Trinajstić information content (AvgIpc) is 2.92. The molecule has 0 unspecified atom stereocenters. The highest BCUT2D eigenvalue weighted by atomic mass is 28.4. The highest BCUT2D eigenvalue weighted by Crippen LogP contribution is 2.26. The molecule has 236 valence electrons. The molecule has 0 aliphatic heterocycles. The van der Waals surface area contributed by atoms with Gasteiger partial charge in [0.1, 0.15) is 0 Å². The second-order valence-corrected chi connectivity index (χ2v) is 15.7. The molecule has 0 fully saturated rings. The SMILES string of the molecule is CCCCCCCCCCCCCCCCCC[Si](F)(F)CCCCCCCCCCCCCCCCCC. The Morgan fingerprint density at radius 3 is 0.590 bits per heavy atom. The van der Waals surface area contributed by atoms with Crippen LogP contribution in [0.15, 0.2) is 0 Å². The Kier molecular flexibility index (Phi) is 32.7.